The maximum absolute atomic E-state index is 11.9. The van der Waals surface area contributed by atoms with E-state index < -0.39 is 0 Å². The van der Waals surface area contributed by atoms with Crippen LogP contribution in [-0.4, -0.2) is 39.9 Å². The lowest BCUT2D eigenvalue weighted by atomic mass is 10.3. The number of nitrogens with one attached hydrogen (secondary N) is 1. The van der Waals surface area contributed by atoms with Crippen LogP contribution in [0.5, 0.6) is 0 Å². The Bertz CT molecular complexity index is 324. The molecule has 1 N–H and O–H groups in total. The molecule has 0 aliphatic heterocycles. The molecule has 0 aromatic carbocycles. The van der Waals surface area contributed by atoms with Crippen molar-refractivity contribution in [1.82, 2.24) is 14.9 Å². The van der Waals surface area contributed by atoms with Gasteiger partial charge in [-0.2, -0.15) is 0 Å². The van der Waals surface area contributed by atoms with Gasteiger partial charge in [0.25, 0.3) is 0 Å². The van der Waals surface area contributed by atoms with Gasteiger partial charge in [-0.15, -0.1) is 0 Å². The molecule has 0 saturated carbocycles. The summed E-state index contributed by atoms with van der Waals surface area (Å²) >= 11 is 0. The third kappa shape index (κ3) is 3.18. The standard InChI is InChI=1S/C11H18N4O/c1-4-15(5-2)11(16)9(3)14-10-8-12-6-7-13-10/h6-9H,4-5H2,1-3H3,(H,13,14). The second kappa shape index (κ2) is 6.05. The molecule has 5 heteroatoms. The first kappa shape index (κ1) is 12.4. The van der Waals surface area contributed by atoms with E-state index in [2.05, 4.69) is 15.3 Å². The maximum Gasteiger partial charge on any atom is 0.244 e. The SMILES string of the molecule is CCN(CC)C(=O)C(C)Nc1cnccn1. The van der Waals surface area contributed by atoms with Crippen molar-refractivity contribution in [3.8, 4) is 0 Å². The molecule has 1 rings (SSSR count). The van der Waals surface area contributed by atoms with E-state index in [0.29, 0.717) is 5.82 Å². The van der Waals surface area contributed by atoms with Gasteiger partial charge in [-0.1, -0.05) is 0 Å². The van der Waals surface area contributed by atoms with E-state index >= 15 is 0 Å². The van der Waals surface area contributed by atoms with Crippen LogP contribution in [0.25, 0.3) is 0 Å². The number of carbonyl (C=O) groups excluding carboxylic acids is 1. The van der Waals surface area contributed by atoms with Crippen LogP contribution in [-0.2, 0) is 4.79 Å². The van der Waals surface area contributed by atoms with Crippen molar-refractivity contribution < 1.29 is 4.79 Å². The van der Waals surface area contributed by atoms with Crippen molar-refractivity contribution in [1.29, 1.82) is 0 Å². The van der Waals surface area contributed by atoms with Gasteiger partial charge in [0.2, 0.25) is 5.91 Å². The molecule has 88 valence electrons. The molecular weight excluding hydrogens is 204 g/mol. The molecule has 1 aromatic rings. The van der Waals surface area contributed by atoms with Gasteiger partial charge < -0.3 is 10.2 Å². The van der Waals surface area contributed by atoms with Gasteiger partial charge in [0.15, 0.2) is 0 Å². The summed E-state index contributed by atoms with van der Waals surface area (Å²) in [5, 5.41) is 3.03. The molecule has 1 aromatic heterocycles. The summed E-state index contributed by atoms with van der Waals surface area (Å²) < 4.78 is 0. The Morgan fingerprint density at radius 1 is 1.44 bits per heavy atom. The highest BCUT2D eigenvalue weighted by Crippen LogP contribution is 2.03. The molecule has 0 fully saturated rings. The van der Waals surface area contributed by atoms with Crippen LogP contribution < -0.4 is 5.32 Å². The molecule has 0 saturated heterocycles. The van der Waals surface area contributed by atoms with Crippen LogP contribution in [0, 0.1) is 0 Å². The van der Waals surface area contributed by atoms with Crippen LogP contribution >= 0.6 is 0 Å². The van der Waals surface area contributed by atoms with Crippen molar-refractivity contribution in [3.63, 3.8) is 0 Å². The Kier molecular flexibility index (Phi) is 4.69. The van der Waals surface area contributed by atoms with Gasteiger partial charge in [0.1, 0.15) is 11.9 Å². The Balaban J connectivity index is 2.58. The molecule has 5 nitrogen and oxygen atoms in total. The lowest BCUT2D eigenvalue weighted by molar-refractivity contribution is -0.131. The summed E-state index contributed by atoms with van der Waals surface area (Å²) in [6.45, 7) is 7.21. The lowest BCUT2D eigenvalue weighted by Gasteiger charge is -2.23. The Hall–Kier alpha value is -1.65. The Morgan fingerprint density at radius 2 is 2.12 bits per heavy atom. The number of amides is 1. The molecule has 1 atom stereocenters. The average molecular weight is 222 g/mol. The highest BCUT2D eigenvalue weighted by molar-refractivity contribution is 5.83. The fraction of sp³-hybridized carbons (Fsp3) is 0.545. The van der Waals surface area contributed by atoms with Crippen LogP contribution in [0.3, 0.4) is 0 Å². The molecule has 16 heavy (non-hydrogen) atoms. The zero-order valence-corrected chi connectivity index (χ0v) is 9.97. The average Bonchev–Trinajstić information content (AvgIpc) is 2.31. The van der Waals surface area contributed by atoms with E-state index in [1.807, 2.05) is 20.8 Å². The van der Waals surface area contributed by atoms with E-state index in [0.717, 1.165) is 13.1 Å². The number of likely N-dealkylation sites (N-methyl/N-ethyl adjacent to an activating group) is 1. The third-order valence-corrected chi connectivity index (χ3v) is 2.37. The molecule has 0 aliphatic carbocycles. The van der Waals surface area contributed by atoms with Gasteiger partial charge in [0, 0.05) is 25.5 Å². The number of rotatable bonds is 5. The fourth-order valence-corrected chi connectivity index (χ4v) is 1.47. The van der Waals surface area contributed by atoms with E-state index in [4.69, 9.17) is 0 Å². The normalized spacial score (nSPS) is 11.9. The highest BCUT2D eigenvalue weighted by atomic mass is 16.2. The van der Waals surface area contributed by atoms with E-state index in [9.17, 15) is 4.79 Å². The summed E-state index contributed by atoms with van der Waals surface area (Å²) in [4.78, 5) is 21.7. The van der Waals surface area contributed by atoms with Gasteiger partial charge in [-0.05, 0) is 20.8 Å². The molecule has 0 spiro atoms. The second-order valence-electron chi connectivity index (χ2n) is 3.47. The highest BCUT2D eigenvalue weighted by Gasteiger charge is 2.17. The van der Waals surface area contributed by atoms with Crippen molar-refractivity contribution in [2.24, 2.45) is 0 Å². The second-order valence-corrected chi connectivity index (χ2v) is 3.47. The van der Waals surface area contributed by atoms with Crippen molar-refractivity contribution >= 4 is 11.7 Å². The molecule has 0 bridgehead atoms. The number of anilines is 1. The number of hydrogen-bond acceptors (Lipinski definition) is 4. The first-order valence-corrected chi connectivity index (χ1v) is 5.50. The van der Waals surface area contributed by atoms with Crippen molar-refractivity contribution in [2.45, 2.75) is 26.8 Å². The molecule has 1 unspecified atom stereocenters. The van der Waals surface area contributed by atoms with E-state index in [1.54, 1.807) is 23.5 Å². The van der Waals surface area contributed by atoms with Crippen LogP contribution in [0.2, 0.25) is 0 Å². The van der Waals surface area contributed by atoms with Gasteiger partial charge in [-0.25, -0.2) is 4.98 Å². The zero-order valence-electron chi connectivity index (χ0n) is 9.97. The predicted molar refractivity (Wildman–Crippen MR) is 63.0 cm³/mol. The third-order valence-electron chi connectivity index (χ3n) is 2.37. The van der Waals surface area contributed by atoms with Crippen molar-refractivity contribution in [3.05, 3.63) is 18.6 Å². The Morgan fingerprint density at radius 3 is 2.62 bits per heavy atom. The summed E-state index contributed by atoms with van der Waals surface area (Å²) in [6.07, 6.45) is 4.80. The largest absolute Gasteiger partial charge is 0.357 e. The van der Waals surface area contributed by atoms with Gasteiger partial charge in [0.05, 0.1) is 6.20 Å². The Labute approximate surface area is 95.9 Å². The lowest BCUT2D eigenvalue weighted by Crippen LogP contribution is -2.41. The molecule has 0 aliphatic rings. The first-order valence-electron chi connectivity index (χ1n) is 5.50. The molecule has 1 amide bonds. The monoisotopic (exact) mass is 222 g/mol. The zero-order chi connectivity index (χ0) is 12.0. The molecule has 0 radical (unpaired) electrons. The maximum atomic E-state index is 11.9. The van der Waals surface area contributed by atoms with Crippen LogP contribution in [0.4, 0.5) is 5.82 Å². The summed E-state index contributed by atoms with van der Waals surface area (Å²) in [5.41, 5.74) is 0. The van der Waals surface area contributed by atoms with Gasteiger partial charge >= 0.3 is 0 Å². The van der Waals surface area contributed by atoms with Gasteiger partial charge in [-0.3, -0.25) is 9.78 Å². The fourth-order valence-electron chi connectivity index (χ4n) is 1.47. The minimum atomic E-state index is -0.281. The van der Waals surface area contributed by atoms with Crippen LogP contribution in [0.1, 0.15) is 20.8 Å². The minimum absolute atomic E-state index is 0.0793. The quantitative estimate of drug-likeness (QED) is 0.811. The smallest absolute Gasteiger partial charge is 0.244 e. The van der Waals surface area contributed by atoms with Crippen LogP contribution in [0.15, 0.2) is 18.6 Å². The topological polar surface area (TPSA) is 58.1 Å². The first-order chi connectivity index (χ1) is 7.69. The number of carbonyl (C=O) groups is 1. The van der Waals surface area contributed by atoms with Crippen molar-refractivity contribution in [2.75, 3.05) is 18.4 Å². The predicted octanol–water partition coefficient (Wildman–Crippen LogP) is 1.15. The van der Waals surface area contributed by atoms with E-state index in [1.165, 1.54) is 0 Å². The molecule has 1 heterocycles. The number of hydrogen-bond donors (Lipinski definition) is 1. The molecular formula is C11H18N4O. The van der Waals surface area contributed by atoms with E-state index in [-0.39, 0.29) is 11.9 Å². The summed E-state index contributed by atoms with van der Waals surface area (Å²) in [6, 6.07) is -0.281. The summed E-state index contributed by atoms with van der Waals surface area (Å²) in [7, 11) is 0. The number of aromatic nitrogens is 2. The number of nitrogens with zero attached hydrogens (tertiary/aromatic N) is 3. The summed E-state index contributed by atoms with van der Waals surface area (Å²) in [5.74, 6) is 0.700. The minimum Gasteiger partial charge on any atom is -0.357 e.